The Kier molecular flexibility index (Phi) is 4.78. The van der Waals surface area contributed by atoms with Gasteiger partial charge < -0.3 is 30.0 Å². The molecule has 1 unspecified atom stereocenters. The van der Waals surface area contributed by atoms with Crippen molar-refractivity contribution in [3.8, 4) is 11.5 Å². The first kappa shape index (κ1) is 20.2. The molecule has 2 aromatic carbocycles. The molecule has 1 aliphatic rings. The van der Waals surface area contributed by atoms with Crippen molar-refractivity contribution in [2.45, 2.75) is 5.72 Å². The fraction of sp³-hybridized carbons (Fsp3) is 0.190. The van der Waals surface area contributed by atoms with Crippen molar-refractivity contribution >= 4 is 34.0 Å². The molecule has 0 saturated heterocycles. The van der Waals surface area contributed by atoms with Crippen LogP contribution in [-0.2, 0) is 14.3 Å². The lowest BCUT2D eigenvalue weighted by molar-refractivity contribution is -0.164. The minimum atomic E-state index is -2.75. The number of carbonyl (C=O) groups excluding carboxylic acids is 2. The highest BCUT2D eigenvalue weighted by Gasteiger charge is 2.59. The van der Waals surface area contributed by atoms with Crippen LogP contribution in [0.3, 0.4) is 0 Å². The topological polar surface area (TPSA) is 140 Å². The third-order valence-electron chi connectivity index (χ3n) is 5.05. The molecule has 0 aliphatic carbocycles. The van der Waals surface area contributed by atoms with Gasteiger partial charge in [-0.15, -0.1) is 0 Å². The number of H-pyrrole nitrogens is 1. The number of ether oxygens (including phenoxy) is 3. The normalized spacial score (nSPS) is 18.6. The number of hydrogen-bond acceptors (Lipinski definition) is 9. The summed E-state index contributed by atoms with van der Waals surface area (Å²) in [5.74, 6) is -1.53. The standard InChI is InChI=1S/C21H20N4O6/c1-29-12-8-11(9-13(10-12)30-2)25-18(22)16(17(26)21(25,28)20(27)31-3)19-23-14-6-4-5-7-15(14)24-19/h4-10,28H,22H2,1-3H3,(H,23,24). The highest BCUT2D eigenvalue weighted by Crippen LogP contribution is 2.42. The van der Waals surface area contributed by atoms with Crippen LogP contribution in [0.1, 0.15) is 5.82 Å². The number of anilines is 1. The second-order valence-corrected chi connectivity index (χ2v) is 6.76. The van der Waals surface area contributed by atoms with Gasteiger partial charge >= 0.3 is 11.7 Å². The summed E-state index contributed by atoms with van der Waals surface area (Å²) in [7, 11) is 3.95. The quantitative estimate of drug-likeness (QED) is 0.406. The average molecular weight is 424 g/mol. The van der Waals surface area contributed by atoms with E-state index < -0.39 is 17.5 Å². The number of rotatable bonds is 5. The third kappa shape index (κ3) is 2.96. The lowest BCUT2D eigenvalue weighted by Gasteiger charge is -2.32. The number of nitrogens with zero attached hydrogens (tertiary/aromatic N) is 2. The summed E-state index contributed by atoms with van der Waals surface area (Å²) in [6, 6.07) is 11.7. The van der Waals surface area contributed by atoms with Crippen molar-refractivity contribution in [3.63, 3.8) is 0 Å². The van der Waals surface area contributed by atoms with Crippen molar-refractivity contribution in [2.24, 2.45) is 5.73 Å². The SMILES string of the molecule is COC(=O)C1(O)C(=O)C(c2nc3ccccc3[nH]2)=C(N)N1c1cc(OC)cc(OC)c1. The van der Waals surface area contributed by atoms with E-state index in [1.54, 1.807) is 30.3 Å². The monoisotopic (exact) mass is 424 g/mol. The first-order valence-corrected chi connectivity index (χ1v) is 9.19. The molecule has 160 valence electrons. The van der Waals surface area contributed by atoms with Gasteiger partial charge in [0.25, 0.3) is 0 Å². The van der Waals surface area contributed by atoms with Crippen LogP contribution in [0.25, 0.3) is 16.6 Å². The number of para-hydroxylation sites is 2. The molecule has 31 heavy (non-hydrogen) atoms. The van der Waals surface area contributed by atoms with E-state index in [1.807, 2.05) is 0 Å². The zero-order valence-corrected chi connectivity index (χ0v) is 17.0. The number of nitrogens with one attached hydrogen (secondary N) is 1. The summed E-state index contributed by atoms with van der Waals surface area (Å²) in [5, 5.41) is 11.3. The number of fused-ring (bicyclic) bond motifs is 1. The van der Waals surface area contributed by atoms with Gasteiger partial charge in [-0.25, -0.2) is 9.78 Å². The largest absolute Gasteiger partial charge is 0.497 e. The van der Waals surface area contributed by atoms with Gasteiger partial charge in [-0.1, -0.05) is 12.1 Å². The number of Topliss-reactive ketones (excluding diaryl/α,β-unsaturated/α-hetero) is 1. The van der Waals surface area contributed by atoms with E-state index in [0.29, 0.717) is 22.5 Å². The van der Waals surface area contributed by atoms with Gasteiger partial charge in [-0.2, -0.15) is 0 Å². The molecule has 3 aromatic rings. The molecule has 0 spiro atoms. The fourth-order valence-corrected chi connectivity index (χ4v) is 3.55. The van der Waals surface area contributed by atoms with Gasteiger partial charge in [-0.05, 0) is 12.1 Å². The van der Waals surface area contributed by atoms with Crippen molar-refractivity contribution in [3.05, 3.63) is 54.1 Å². The number of hydrogen-bond donors (Lipinski definition) is 3. The number of esters is 1. The third-order valence-corrected chi connectivity index (χ3v) is 5.05. The van der Waals surface area contributed by atoms with Gasteiger partial charge in [0.1, 0.15) is 28.7 Å². The summed E-state index contributed by atoms with van der Waals surface area (Å²) in [6.45, 7) is 0. The van der Waals surface area contributed by atoms with Gasteiger partial charge in [-0.3, -0.25) is 9.69 Å². The van der Waals surface area contributed by atoms with Crippen LogP contribution in [0, 0.1) is 0 Å². The molecule has 4 rings (SSSR count). The average Bonchev–Trinajstić information content (AvgIpc) is 3.29. The summed E-state index contributed by atoms with van der Waals surface area (Å²) < 4.78 is 15.3. The van der Waals surface area contributed by atoms with E-state index in [0.717, 1.165) is 12.0 Å². The Hall–Kier alpha value is -4.05. The highest BCUT2D eigenvalue weighted by molar-refractivity contribution is 6.35. The maximum atomic E-state index is 13.4. The summed E-state index contributed by atoms with van der Waals surface area (Å²) in [5.41, 5.74) is 4.87. The van der Waals surface area contributed by atoms with E-state index >= 15 is 0 Å². The minimum Gasteiger partial charge on any atom is -0.497 e. The van der Waals surface area contributed by atoms with Crippen molar-refractivity contribution in [1.82, 2.24) is 9.97 Å². The molecule has 2 heterocycles. The molecule has 0 bridgehead atoms. The molecule has 1 atom stereocenters. The van der Waals surface area contributed by atoms with Crippen molar-refractivity contribution in [1.29, 1.82) is 0 Å². The second-order valence-electron chi connectivity index (χ2n) is 6.76. The molecule has 0 fully saturated rings. The predicted octanol–water partition coefficient (Wildman–Crippen LogP) is 1.16. The van der Waals surface area contributed by atoms with Crippen molar-refractivity contribution in [2.75, 3.05) is 26.2 Å². The molecular formula is C21H20N4O6. The number of aromatic nitrogens is 2. The lowest BCUT2D eigenvalue weighted by atomic mass is 10.0. The maximum absolute atomic E-state index is 13.4. The Bertz CT molecular complexity index is 1180. The Balaban J connectivity index is 1.96. The number of nitrogens with two attached hydrogens (primary N) is 1. The Morgan fingerprint density at radius 1 is 1.13 bits per heavy atom. The number of benzene rings is 2. The zero-order chi connectivity index (χ0) is 22.3. The summed E-state index contributed by atoms with van der Waals surface area (Å²) >= 11 is 0. The van der Waals surface area contributed by atoms with Crippen LogP contribution in [0.4, 0.5) is 5.69 Å². The van der Waals surface area contributed by atoms with Crippen molar-refractivity contribution < 1.29 is 28.9 Å². The van der Waals surface area contributed by atoms with Gasteiger partial charge in [0.05, 0.1) is 38.1 Å². The van der Waals surface area contributed by atoms with E-state index in [9.17, 15) is 14.7 Å². The van der Waals surface area contributed by atoms with Gasteiger partial charge in [0.15, 0.2) is 0 Å². The van der Waals surface area contributed by atoms with Crippen LogP contribution in [0.5, 0.6) is 11.5 Å². The van der Waals surface area contributed by atoms with Gasteiger partial charge in [0, 0.05) is 18.2 Å². The number of aliphatic hydroxyl groups is 1. The Morgan fingerprint density at radius 3 is 2.35 bits per heavy atom. The van der Waals surface area contributed by atoms with E-state index in [1.165, 1.54) is 26.4 Å². The van der Waals surface area contributed by atoms with Crippen LogP contribution >= 0.6 is 0 Å². The number of imidazole rings is 1. The maximum Gasteiger partial charge on any atom is 0.368 e. The number of aromatic amines is 1. The predicted molar refractivity (Wildman–Crippen MR) is 111 cm³/mol. The first-order chi connectivity index (χ1) is 14.8. The number of carbonyl (C=O) groups is 2. The van der Waals surface area contributed by atoms with E-state index in [-0.39, 0.29) is 22.9 Å². The van der Waals surface area contributed by atoms with E-state index in [2.05, 4.69) is 9.97 Å². The molecule has 0 saturated carbocycles. The van der Waals surface area contributed by atoms with E-state index in [4.69, 9.17) is 19.9 Å². The van der Waals surface area contributed by atoms with Crippen LogP contribution < -0.4 is 20.1 Å². The van der Waals surface area contributed by atoms with Crippen LogP contribution in [-0.4, -0.2) is 53.9 Å². The second kappa shape index (κ2) is 7.33. The Morgan fingerprint density at radius 2 is 1.77 bits per heavy atom. The smallest absolute Gasteiger partial charge is 0.368 e. The summed E-state index contributed by atoms with van der Waals surface area (Å²) in [4.78, 5) is 34.3. The van der Waals surface area contributed by atoms with Gasteiger partial charge in [0.2, 0.25) is 5.78 Å². The number of methoxy groups -OCH3 is 3. The molecular weight excluding hydrogens is 404 g/mol. The zero-order valence-electron chi connectivity index (χ0n) is 17.0. The molecule has 10 nitrogen and oxygen atoms in total. The first-order valence-electron chi connectivity index (χ1n) is 9.19. The number of ketones is 1. The lowest BCUT2D eigenvalue weighted by Crippen LogP contribution is -2.57. The molecule has 1 aliphatic heterocycles. The molecule has 1 aromatic heterocycles. The molecule has 0 radical (unpaired) electrons. The summed E-state index contributed by atoms with van der Waals surface area (Å²) in [6.07, 6.45) is 0. The fourth-order valence-electron chi connectivity index (χ4n) is 3.55. The molecule has 4 N–H and O–H groups in total. The molecule has 10 heteroatoms. The highest BCUT2D eigenvalue weighted by atomic mass is 16.5. The minimum absolute atomic E-state index is 0.114. The molecule has 0 amide bonds. The Labute approximate surface area is 176 Å². The van der Waals surface area contributed by atoms with Crippen LogP contribution in [0.15, 0.2) is 48.3 Å². The van der Waals surface area contributed by atoms with Crippen LogP contribution in [0.2, 0.25) is 0 Å².